The van der Waals surface area contributed by atoms with E-state index >= 15 is 0 Å². The molecule has 0 unspecified atom stereocenters. The molecule has 0 spiro atoms. The number of aromatic hydroxyl groups is 2. The Bertz CT molecular complexity index is 1360. The van der Waals surface area contributed by atoms with Crippen LogP contribution >= 0.6 is 0 Å². The van der Waals surface area contributed by atoms with Gasteiger partial charge in [-0.2, -0.15) is 0 Å². The number of benzene rings is 5. The molecule has 5 aromatic carbocycles. The highest BCUT2D eigenvalue weighted by atomic mass is 16.3. The molecule has 0 saturated carbocycles. The van der Waals surface area contributed by atoms with Gasteiger partial charge in [0.05, 0.1) is 0 Å². The second-order valence-corrected chi connectivity index (χ2v) is 7.77. The summed E-state index contributed by atoms with van der Waals surface area (Å²) in [6.07, 6.45) is 0. The standard InChI is InChI=1S/C30H22O2/c31-26-15-11-23(12-16-26)27-17-13-24(19-28(27)21-7-3-1-4-8-21)25-14-18-30(32)29(20-25)22-9-5-2-6-10-22/h1-20,31-32H. The molecule has 0 fully saturated rings. The molecule has 32 heavy (non-hydrogen) atoms. The molecule has 2 nitrogen and oxygen atoms in total. The van der Waals surface area contributed by atoms with Crippen LogP contribution in [0.25, 0.3) is 44.5 Å². The van der Waals surface area contributed by atoms with Crippen molar-refractivity contribution >= 4 is 0 Å². The van der Waals surface area contributed by atoms with Crippen molar-refractivity contribution in [1.29, 1.82) is 0 Å². The van der Waals surface area contributed by atoms with Gasteiger partial charge in [-0.3, -0.25) is 0 Å². The Morgan fingerprint density at radius 2 is 0.812 bits per heavy atom. The molecule has 0 amide bonds. The average Bonchev–Trinajstić information content (AvgIpc) is 2.86. The Hall–Kier alpha value is -4.30. The van der Waals surface area contributed by atoms with Crippen LogP contribution in [0.3, 0.4) is 0 Å². The van der Waals surface area contributed by atoms with E-state index in [1.54, 1.807) is 18.2 Å². The lowest BCUT2D eigenvalue weighted by Crippen LogP contribution is -1.88. The van der Waals surface area contributed by atoms with E-state index < -0.39 is 0 Å². The summed E-state index contributed by atoms with van der Waals surface area (Å²) >= 11 is 0. The number of phenols is 2. The van der Waals surface area contributed by atoms with E-state index in [2.05, 4.69) is 30.3 Å². The van der Waals surface area contributed by atoms with Crippen molar-refractivity contribution in [3.05, 3.63) is 121 Å². The largest absolute Gasteiger partial charge is 0.508 e. The summed E-state index contributed by atoms with van der Waals surface area (Å²) in [5, 5.41) is 20.2. The third kappa shape index (κ3) is 3.86. The summed E-state index contributed by atoms with van der Waals surface area (Å²) in [4.78, 5) is 0. The summed E-state index contributed by atoms with van der Waals surface area (Å²) in [6.45, 7) is 0. The Balaban J connectivity index is 1.66. The minimum atomic E-state index is 0.254. The van der Waals surface area contributed by atoms with E-state index in [9.17, 15) is 10.2 Å². The molecule has 0 heterocycles. The van der Waals surface area contributed by atoms with Gasteiger partial charge >= 0.3 is 0 Å². The molecule has 5 rings (SSSR count). The van der Waals surface area contributed by atoms with Crippen LogP contribution in [0.2, 0.25) is 0 Å². The predicted octanol–water partition coefficient (Wildman–Crippen LogP) is 7.77. The van der Waals surface area contributed by atoms with Gasteiger partial charge in [-0.25, -0.2) is 0 Å². The zero-order chi connectivity index (χ0) is 21.9. The van der Waals surface area contributed by atoms with Gasteiger partial charge in [-0.15, -0.1) is 0 Å². The molecule has 0 aliphatic heterocycles. The zero-order valence-corrected chi connectivity index (χ0v) is 17.4. The lowest BCUT2D eigenvalue weighted by molar-refractivity contribution is 0.475. The monoisotopic (exact) mass is 414 g/mol. The van der Waals surface area contributed by atoms with E-state index in [0.717, 1.165) is 44.5 Å². The zero-order valence-electron chi connectivity index (χ0n) is 17.4. The van der Waals surface area contributed by atoms with Crippen molar-refractivity contribution in [2.24, 2.45) is 0 Å². The Labute approximate surface area is 187 Å². The van der Waals surface area contributed by atoms with E-state index in [1.165, 1.54) is 0 Å². The molecule has 5 aromatic rings. The van der Waals surface area contributed by atoms with Crippen molar-refractivity contribution in [3.8, 4) is 56.0 Å². The Morgan fingerprint density at radius 3 is 1.44 bits per heavy atom. The Morgan fingerprint density at radius 1 is 0.344 bits per heavy atom. The smallest absolute Gasteiger partial charge is 0.123 e. The van der Waals surface area contributed by atoms with Crippen molar-refractivity contribution < 1.29 is 10.2 Å². The first-order chi connectivity index (χ1) is 15.7. The third-order valence-electron chi connectivity index (χ3n) is 5.70. The van der Waals surface area contributed by atoms with Crippen LogP contribution in [0.1, 0.15) is 0 Å². The number of rotatable bonds is 4. The van der Waals surface area contributed by atoms with E-state index in [-0.39, 0.29) is 11.5 Å². The molecule has 154 valence electrons. The van der Waals surface area contributed by atoms with E-state index in [4.69, 9.17) is 0 Å². The second kappa shape index (κ2) is 8.44. The summed E-state index contributed by atoms with van der Waals surface area (Å²) in [6, 6.07) is 39.7. The lowest BCUT2D eigenvalue weighted by Gasteiger charge is -2.14. The normalized spacial score (nSPS) is 10.8. The maximum absolute atomic E-state index is 10.5. The van der Waals surface area contributed by atoms with Gasteiger partial charge in [0.15, 0.2) is 0 Å². The second-order valence-electron chi connectivity index (χ2n) is 7.77. The van der Waals surface area contributed by atoms with Crippen LogP contribution in [0, 0.1) is 0 Å². The van der Waals surface area contributed by atoms with Crippen LogP contribution in [-0.4, -0.2) is 10.2 Å². The fourth-order valence-electron chi connectivity index (χ4n) is 4.04. The van der Waals surface area contributed by atoms with Crippen molar-refractivity contribution in [1.82, 2.24) is 0 Å². The van der Waals surface area contributed by atoms with Crippen molar-refractivity contribution in [2.75, 3.05) is 0 Å². The minimum absolute atomic E-state index is 0.254. The van der Waals surface area contributed by atoms with Crippen molar-refractivity contribution in [3.63, 3.8) is 0 Å². The van der Waals surface area contributed by atoms with Crippen LogP contribution in [0.15, 0.2) is 121 Å². The first-order valence-electron chi connectivity index (χ1n) is 10.6. The summed E-state index contributed by atoms with van der Waals surface area (Å²) in [7, 11) is 0. The number of phenolic OH excluding ortho intramolecular Hbond substituents is 2. The first kappa shape index (κ1) is 19.7. The number of hydrogen-bond donors (Lipinski definition) is 2. The molecule has 2 heteroatoms. The molecule has 0 bridgehead atoms. The van der Waals surface area contributed by atoms with Gasteiger partial charge in [-0.05, 0) is 69.3 Å². The molecule has 0 aliphatic carbocycles. The maximum Gasteiger partial charge on any atom is 0.123 e. The van der Waals surface area contributed by atoms with Gasteiger partial charge in [0.25, 0.3) is 0 Å². The van der Waals surface area contributed by atoms with E-state index in [1.807, 2.05) is 72.8 Å². The highest BCUT2D eigenvalue weighted by Gasteiger charge is 2.12. The molecule has 0 aromatic heterocycles. The third-order valence-corrected chi connectivity index (χ3v) is 5.70. The fourth-order valence-corrected chi connectivity index (χ4v) is 4.04. The van der Waals surface area contributed by atoms with Crippen LogP contribution in [0.5, 0.6) is 11.5 Å². The molecule has 0 aliphatic rings. The van der Waals surface area contributed by atoms with Gasteiger partial charge in [-0.1, -0.05) is 91.0 Å². The van der Waals surface area contributed by atoms with Gasteiger partial charge < -0.3 is 10.2 Å². The van der Waals surface area contributed by atoms with Crippen LogP contribution in [0.4, 0.5) is 0 Å². The van der Waals surface area contributed by atoms with Crippen molar-refractivity contribution in [2.45, 2.75) is 0 Å². The van der Waals surface area contributed by atoms with Gasteiger partial charge in [0.1, 0.15) is 11.5 Å². The SMILES string of the molecule is Oc1ccc(-c2ccc(-c3ccc(O)c(-c4ccccc4)c3)cc2-c2ccccc2)cc1. The highest BCUT2D eigenvalue weighted by molar-refractivity contribution is 5.88. The first-order valence-corrected chi connectivity index (χ1v) is 10.6. The minimum Gasteiger partial charge on any atom is -0.508 e. The summed E-state index contributed by atoms with van der Waals surface area (Å²) < 4.78 is 0. The van der Waals surface area contributed by atoms with Gasteiger partial charge in [0.2, 0.25) is 0 Å². The molecule has 0 radical (unpaired) electrons. The van der Waals surface area contributed by atoms with Crippen LogP contribution < -0.4 is 0 Å². The number of hydrogen-bond acceptors (Lipinski definition) is 2. The molecular weight excluding hydrogens is 392 g/mol. The average molecular weight is 415 g/mol. The summed E-state index contributed by atoms with van der Waals surface area (Å²) in [5.41, 5.74) is 8.29. The predicted molar refractivity (Wildman–Crippen MR) is 132 cm³/mol. The Kier molecular flexibility index (Phi) is 5.19. The molecule has 0 saturated heterocycles. The quantitative estimate of drug-likeness (QED) is 0.315. The van der Waals surface area contributed by atoms with E-state index in [0.29, 0.717) is 0 Å². The summed E-state index contributed by atoms with van der Waals surface area (Å²) in [5.74, 6) is 0.521. The van der Waals surface area contributed by atoms with Gasteiger partial charge in [0, 0.05) is 5.56 Å². The maximum atomic E-state index is 10.5. The lowest BCUT2D eigenvalue weighted by atomic mass is 9.90. The highest BCUT2D eigenvalue weighted by Crippen LogP contribution is 2.38. The molecular formula is C30H22O2. The topological polar surface area (TPSA) is 40.5 Å². The fraction of sp³-hybridized carbons (Fsp3) is 0. The molecule has 2 N–H and O–H groups in total. The van der Waals surface area contributed by atoms with Crippen LogP contribution in [-0.2, 0) is 0 Å². The molecule has 0 atom stereocenters.